The van der Waals surface area contributed by atoms with Crippen LogP contribution in [0.25, 0.3) is 0 Å². The minimum atomic E-state index is -0.748. The van der Waals surface area contributed by atoms with Gasteiger partial charge in [-0.25, -0.2) is 4.39 Å². The number of aliphatic hydroxyl groups excluding tert-OH is 1. The van der Waals surface area contributed by atoms with Crippen molar-refractivity contribution >= 4 is 5.91 Å². The van der Waals surface area contributed by atoms with Crippen molar-refractivity contribution in [3.8, 4) is 5.75 Å². The number of aromatic hydroxyl groups is 1. The summed E-state index contributed by atoms with van der Waals surface area (Å²) in [5.41, 5.74) is 1.26. The molecule has 1 aromatic carbocycles. The Balaban J connectivity index is 1.61. The molecule has 1 fully saturated rings. The predicted molar refractivity (Wildman–Crippen MR) is 83.6 cm³/mol. The maximum atomic E-state index is 13.3. The van der Waals surface area contributed by atoms with Crippen molar-refractivity contribution < 1.29 is 19.4 Å². The van der Waals surface area contributed by atoms with E-state index in [1.165, 1.54) is 12.1 Å². The number of carbonyl (C=O) groups excluding carboxylic acids is 1. The van der Waals surface area contributed by atoms with Crippen molar-refractivity contribution in [2.75, 3.05) is 13.1 Å². The van der Waals surface area contributed by atoms with E-state index in [-0.39, 0.29) is 24.8 Å². The first-order chi connectivity index (χ1) is 11.5. The number of halogens is 1. The predicted octanol–water partition coefficient (Wildman–Crippen LogP) is 0.926. The van der Waals surface area contributed by atoms with Crippen LogP contribution in [0.3, 0.4) is 0 Å². The number of hydrogen-bond donors (Lipinski definition) is 2. The number of phenolic OH excluding ortho intramolecular Hbond substituents is 1. The molecule has 0 unspecified atom stereocenters. The Hall–Kier alpha value is -2.54. The molecule has 1 saturated heterocycles. The number of aliphatic hydroxyl groups is 1. The van der Waals surface area contributed by atoms with E-state index in [2.05, 4.69) is 9.97 Å². The summed E-state index contributed by atoms with van der Waals surface area (Å²) in [5.74, 6) is -1.46. The molecule has 1 aliphatic heterocycles. The molecule has 6 nitrogen and oxygen atoms in total. The molecule has 2 aromatic rings. The fourth-order valence-electron chi connectivity index (χ4n) is 2.91. The van der Waals surface area contributed by atoms with Crippen LogP contribution in [0.2, 0.25) is 0 Å². The number of nitrogens with zero attached hydrogens (tertiary/aromatic N) is 3. The Kier molecular flexibility index (Phi) is 4.71. The Morgan fingerprint density at radius 3 is 2.88 bits per heavy atom. The van der Waals surface area contributed by atoms with Gasteiger partial charge in [0.05, 0.1) is 18.2 Å². The van der Waals surface area contributed by atoms with Crippen LogP contribution in [0.5, 0.6) is 5.75 Å². The molecule has 1 aromatic heterocycles. The standard InChI is InChI=1S/C17H18FN3O3/c18-14-5-11(1-2-15(14)22)6-17(24)21-9-12(16(23)10-21)7-13-8-19-3-4-20-13/h1-5,8,12,16,22-23H,6-7,9-10H2/t12-,16-/m1/s1. The van der Waals surface area contributed by atoms with Gasteiger partial charge in [0.25, 0.3) is 0 Å². The first-order valence-corrected chi connectivity index (χ1v) is 7.71. The molecule has 0 saturated carbocycles. The second-order valence-corrected chi connectivity index (χ2v) is 5.99. The van der Waals surface area contributed by atoms with E-state index < -0.39 is 17.7 Å². The largest absolute Gasteiger partial charge is 0.505 e. The highest BCUT2D eigenvalue weighted by atomic mass is 19.1. The first kappa shape index (κ1) is 16.3. The van der Waals surface area contributed by atoms with Crippen LogP contribution in [-0.2, 0) is 17.6 Å². The number of aromatic nitrogens is 2. The fourth-order valence-corrected chi connectivity index (χ4v) is 2.91. The van der Waals surface area contributed by atoms with Gasteiger partial charge in [0.1, 0.15) is 0 Å². The van der Waals surface area contributed by atoms with E-state index in [9.17, 15) is 19.4 Å². The number of benzene rings is 1. The number of carbonyl (C=O) groups is 1. The van der Waals surface area contributed by atoms with Crippen LogP contribution in [0.15, 0.2) is 36.8 Å². The highest BCUT2D eigenvalue weighted by Gasteiger charge is 2.34. The minimum Gasteiger partial charge on any atom is -0.505 e. The quantitative estimate of drug-likeness (QED) is 0.870. The summed E-state index contributed by atoms with van der Waals surface area (Å²) in [6, 6.07) is 3.89. The first-order valence-electron chi connectivity index (χ1n) is 7.71. The number of rotatable bonds is 4. The maximum Gasteiger partial charge on any atom is 0.227 e. The van der Waals surface area contributed by atoms with Crippen LogP contribution in [0.1, 0.15) is 11.3 Å². The lowest BCUT2D eigenvalue weighted by molar-refractivity contribution is -0.129. The molecular weight excluding hydrogens is 313 g/mol. The van der Waals surface area contributed by atoms with Gasteiger partial charge >= 0.3 is 0 Å². The van der Waals surface area contributed by atoms with Crippen molar-refractivity contribution in [2.45, 2.75) is 18.9 Å². The van der Waals surface area contributed by atoms with E-state index in [4.69, 9.17) is 0 Å². The van der Waals surface area contributed by atoms with Gasteiger partial charge in [-0.2, -0.15) is 0 Å². The Bertz CT molecular complexity index is 726. The van der Waals surface area contributed by atoms with Crippen LogP contribution in [0.4, 0.5) is 4.39 Å². The zero-order valence-corrected chi connectivity index (χ0v) is 13.0. The van der Waals surface area contributed by atoms with Crippen molar-refractivity contribution in [3.05, 3.63) is 53.9 Å². The van der Waals surface area contributed by atoms with E-state index in [1.54, 1.807) is 23.5 Å². The number of phenols is 1. The van der Waals surface area contributed by atoms with Crippen LogP contribution >= 0.6 is 0 Å². The average Bonchev–Trinajstić information content (AvgIpc) is 2.93. The molecule has 1 aliphatic rings. The van der Waals surface area contributed by atoms with Gasteiger partial charge in [0, 0.05) is 37.6 Å². The van der Waals surface area contributed by atoms with Crippen molar-refractivity contribution in [1.82, 2.24) is 14.9 Å². The normalized spacial score (nSPS) is 20.3. The Labute approximate surface area is 138 Å². The monoisotopic (exact) mass is 331 g/mol. The Morgan fingerprint density at radius 2 is 2.17 bits per heavy atom. The summed E-state index contributed by atoms with van der Waals surface area (Å²) in [5, 5.41) is 19.4. The van der Waals surface area contributed by atoms with E-state index in [0.29, 0.717) is 18.5 Å². The Morgan fingerprint density at radius 1 is 1.33 bits per heavy atom. The number of likely N-dealkylation sites (tertiary alicyclic amines) is 1. The van der Waals surface area contributed by atoms with Gasteiger partial charge in [0.15, 0.2) is 11.6 Å². The highest BCUT2D eigenvalue weighted by Crippen LogP contribution is 2.22. The average molecular weight is 331 g/mol. The molecule has 2 atom stereocenters. The van der Waals surface area contributed by atoms with Gasteiger partial charge in [-0.3, -0.25) is 14.8 Å². The molecule has 0 radical (unpaired) electrons. The van der Waals surface area contributed by atoms with Crippen molar-refractivity contribution in [1.29, 1.82) is 0 Å². The van der Waals surface area contributed by atoms with E-state index in [0.717, 1.165) is 11.8 Å². The second-order valence-electron chi connectivity index (χ2n) is 5.99. The molecule has 0 bridgehead atoms. The topological polar surface area (TPSA) is 86.5 Å². The lowest BCUT2D eigenvalue weighted by Gasteiger charge is -2.16. The summed E-state index contributed by atoms with van der Waals surface area (Å²) in [6.45, 7) is 0.682. The highest BCUT2D eigenvalue weighted by molar-refractivity contribution is 5.79. The number of amides is 1. The third-order valence-electron chi connectivity index (χ3n) is 4.21. The third-order valence-corrected chi connectivity index (χ3v) is 4.21. The molecule has 0 aliphatic carbocycles. The summed E-state index contributed by atoms with van der Waals surface area (Å²) in [6.07, 6.45) is 4.79. The molecule has 2 N–H and O–H groups in total. The smallest absolute Gasteiger partial charge is 0.227 e. The maximum absolute atomic E-state index is 13.3. The van der Waals surface area contributed by atoms with E-state index in [1.807, 2.05) is 0 Å². The fraction of sp³-hybridized carbons (Fsp3) is 0.353. The molecule has 2 heterocycles. The molecule has 0 spiro atoms. The lowest BCUT2D eigenvalue weighted by atomic mass is 10.0. The van der Waals surface area contributed by atoms with Crippen molar-refractivity contribution in [3.63, 3.8) is 0 Å². The zero-order chi connectivity index (χ0) is 17.1. The second kappa shape index (κ2) is 6.92. The van der Waals surface area contributed by atoms with Crippen LogP contribution in [-0.4, -0.2) is 50.2 Å². The SMILES string of the molecule is O=C(Cc1ccc(O)c(F)c1)N1C[C@@H](Cc2cnccn2)[C@H](O)C1. The number of β-amino-alcohol motifs (C(OH)–C–C–N with tert-alkyl or cyclic N) is 1. The third kappa shape index (κ3) is 3.68. The summed E-state index contributed by atoms with van der Waals surface area (Å²) < 4.78 is 13.3. The van der Waals surface area contributed by atoms with Gasteiger partial charge in [0.2, 0.25) is 5.91 Å². The molecule has 3 rings (SSSR count). The van der Waals surface area contributed by atoms with Gasteiger partial charge in [-0.1, -0.05) is 6.07 Å². The summed E-state index contributed by atoms with van der Waals surface area (Å²) >= 11 is 0. The molecular formula is C17H18FN3O3. The summed E-state index contributed by atoms with van der Waals surface area (Å²) in [4.78, 5) is 22.1. The van der Waals surface area contributed by atoms with Gasteiger partial charge in [-0.15, -0.1) is 0 Å². The van der Waals surface area contributed by atoms with E-state index >= 15 is 0 Å². The van der Waals surface area contributed by atoms with Crippen LogP contribution < -0.4 is 0 Å². The van der Waals surface area contributed by atoms with Gasteiger partial charge in [-0.05, 0) is 24.1 Å². The summed E-state index contributed by atoms with van der Waals surface area (Å²) in [7, 11) is 0. The number of hydrogen-bond acceptors (Lipinski definition) is 5. The zero-order valence-electron chi connectivity index (χ0n) is 13.0. The van der Waals surface area contributed by atoms with Gasteiger partial charge < -0.3 is 15.1 Å². The van der Waals surface area contributed by atoms with Crippen molar-refractivity contribution in [2.24, 2.45) is 5.92 Å². The molecule has 1 amide bonds. The molecule has 24 heavy (non-hydrogen) atoms. The van der Waals surface area contributed by atoms with Crippen LogP contribution in [0, 0.1) is 11.7 Å². The lowest BCUT2D eigenvalue weighted by Crippen LogP contribution is -2.31. The molecule has 7 heteroatoms. The minimum absolute atomic E-state index is 0.0295. The molecule has 126 valence electrons.